The van der Waals surface area contributed by atoms with Crippen LogP contribution >= 0.6 is 0 Å². The maximum absolute atomic E-state index is 9.80. The van der Waals surface area contributed by atoms with Crippen molar-refractivity contribution < 1.29 is 9.84 Å². The van der Waals surface area contributed by atoms with Crippen molar-refractivity contribution >= 4 is 5.69 Å². The van der Waals surface area contributed by atoms with Crippen molar-refractivity contribution in [2.75, 3.05) is 25.2 Å². The van der Waals surface area contributed by atoms with Crippen LogP contribution in [0.2, 0.25) is 0 Å². The van der Waals surface area contributed by atoms with E-state index in [4.69, 9.17) is 4.74 Å². The molecule has 0 aromatic heterocycles. The van der Waals surface area contributed by atoms with E-state index in [9.17, 15) is 5.11 Å². The second kappa shape index (κ2) is 6.62. The van der Waals surface area contributed by atoms with E-state index in [1.54, 1.807) is 14.0 Å². The molecule has 0 spiro atoms. The maximum Gasteiger partial charge on any atom is 0.0781 e. The van der Waals surface area contributed by atoms with Crippen LogP contribution in [0.15, 0.2) is 24.3 Å². The molecule has 0 fully saturated rings. The number of aliphatic hydroxyl groups excluding tert-OH is 1. The topological polar surface area (TPSA) is 32.7 Å². The Bertz CT molecular complexity index is 339. The Morgan fingerprint density at radius 2 is 1.94 bits per heavy atom. The van der Waals surface area contributed by atoms with Gasteiger partial charge in [0.25, 0.3) is 0 Å². The van der Waals surface area contributed by atoms with Crippen molar-refractivity contribution in [3.8, 4) is 0 Å². The Balaban J connectivity index is 3.02. The summed E-state index contributed by atoms with van der Waals surface area (Å²) in [5.74, 6) is 0. The predicted octanol–water partition coefficient (Wildman–Crippen LogP) is 2.60. The zero-order valence-electron chi connectivity index (χ0n) is 11.2. The lowest BCUT2D eigenvalue weighted by Crippen LogP contribution is -2.36. The highest BCUT2D eigenvalue weighted by Gasteiger charge is 2.17. The van der Waals surface area contributed by atoms with Gasteiger partial charge in [0.15, 0.2) is 0 Å². The van der Waals surface area contributed by atoms with Gasteiger partial charge in [-0.1, -0.05) is 18.2 Å². The van der Waals surface area contributed by atoms with Gasteiger partial charge >= 0.3 is 0 Å². The summed E-state index contributed by atoms with van der Waals surface area (Å²) in [6.07, 6.45) is -0.449. The summed E-state index contributed by atoms with van der Waals surface area (Å²) >= 11 is 0. The molecule has 0 saturated carbocycles. The average molecular weight is 237 g/mol. The van der Waals surface area contributed by atoms with Crippen LogP contribution in [0, 0.1) is 0 Å². The molecular formula is C14H23NO2. The smallest absolute Gasteiger partial charge is 0.0781 e. The first-order valence-electron chi connectivity index (χ1n) is 6.14. The van der Waals surface area contributed by atoms with E-state index < -0.39 is 6.10 Å². The largest absolute Gasteiger partial charge is 0.389 e. The van der Waals surface area contributed by atoms with E-state index in [1.165, 1.54) is 0 Å². The number of ether oxygens (including phenoxy) is 1. The quantitative estimate of drug-likeness (QED) is 0.825. The summed E-state index contributed by atoms with van der Waals surface area (Å²) in [5, 5.41) is 9.80. The molecule has 0 bridgehead atoms. The molecular weight excluding hydrogens is 214 g/mol. The standard InChI is InChI=1S/C14H23NO2/c1-5-15(11(2)10-17-4)14-9-7-6-8-13(14)12(3)16/h6-9,11-12,16H,5,10H2,1-4H3. The van der Waals surface area contributed by atoms with Crippen molar-refractivity contribution in [1.29, 1.82) is 0 Å². The zero-order chi connectivity index (χ0) is 12.8. The Hall–Kier alpha value is -1.06. The Morgan fingerprint density at radius 3 is 2.47 bits per heavy atom. The van der Waals surface area contributed by atoms with E-state index in [-0.39, 0.29) is 0 Å². The van der Waals surface area contributed by atoms with Crippen LogP contribution in [0.5, 0.6) is 0 Å². The van der Waals surface area contributed by atoms with Gasteiger partial charge in [-0.3, -0.25) is 0 Å². The lowest BCUT2D eigenvalue weighted by molar-refractivity contribution is 0.180. The van der Waals surface area contributed by atoms with Gasteiger partial charge in [0, 0.05) is 30.9 Å². The molecule has 0 saturated heterocycles. The second-order valence-corrected chi connectivity index (χ2v) is 4.33. The molecule has 0 amide bonds. The van der Waals surface area contributed by atoms with E-state index in [0.717, 1.165) is 17.8 Å². The van der Waals surface area contributed by atoms with Crippen LogP contribution in [0.3, 0.4) is 0 Å². The fourth-order valence-corrected chi connectivity index (χ4v) is 2.15. The molecule has 1 rings (SSSR count). The van der Waals surface area contributed by atoms with Crippen LogP contribution in [-0.2, 0) is 4.74 Å². The van der Waals surface area contributed by atoms with Gasteiger partial charge < -0.3 is 14.7 Å². The number of likely N-dealkylation sites (N-methyl/N-ethyl adjacent to an activating group) is 1. The highest BCUT2D eigenvalue weighted by Crippen LogP contribution is 2.27. The summed E-state index contributed by atoms with van der Waals surface area (Å²) in [6, 6.07) is 8.29. The van der Waals surface area contributed by atoms with E-state index in [1.807, 2.05) is 18.2 Å². The minimum atomic E-state index is -0.449. The Morgan fingerprint density at radius 1 is 1.29 bits per heavy atom. The highest BCUT2D eigenvalue weighted by molar-refractivity contribution is 5.55. The lowest BCUT2D eigenvalue weighted by Gasteiger charge is -2.32. The molecule has 2 atom stereocenters. The molecule has 1 N–H and O–H groups in total. The third kappa shape index (κ3) is 3.45. The van der Waals surface area contributed by atoms with E-state index >= 15 is 0 Å². The molecule has 0 aliphatic carbocycles. The monoisotopic (exact) mass is 237 g/mol. The van der Waals surface area contributed by atoms with Crippen molar-refractivity contribution in [3.63, 3.8) is 0 Å². The fraction of sp³-hybridized carbons (Fsp3) is 0.571. The van der Waals surface area contributed by atoms with Gasteiger partial charge in [-0.15, -0.1) is 0 Å². The van der Waals surface area contributed by atoms with Crippen molar-refractivity contribution in [2.45, 2.75) is 32.9 Å². The van der Waals surface area contributed by atoms with Crippen LogP contribution in [0.4, 0.5) is 5.69 Å². The van der Waals surface area contributed by atoms with E-state index in [0.29, 0.717) is 12.6 Å². The second-order valence-electron chi connectivity index (χ2n) is 4.33. The van der Waals surface area contributed by atoms with Gasteiger partial charge in [-0.25, -0.2) is 0 Å². The minimum absolute atomic E-state index is 0.296. The molecule has 96 valence electrons. The fourth-order valence-electron chi connectivity index (χ4n) is 2.15. The maximum atomic E-state index is 9.80. The number of nitrogens with zero attached hydrogens (tertiary/aromatic N) is 1. The number of anilines is 1. The molecule has 3 nitrogen and oxygen atoms in total. The van der Waals surface area contributed by atoms with Gasteiger partial charge in [0.1, 0.15) is 0 Å². The van der Waals surface area contributed by atoms with Gasteiger partial charge in [0.05, 0.1) is 12.7 Å². The van der Waals surface area contributed by atoms with Crippen LogP contribution in [0.25, 0.3) is 0 Å². The van der Waals surface area contributed by atoms with E-state index in [2.05, 4.69) is 24.8 Å². The summed E-state index contributed by atoms with van der Waals surface area (Å²) < 4.78 is 5.20. The summed E-state index contributed by atoms with van der Waals surface area (Å²) in [4.78, 5) is 2.26. The summed E-state index contributed by atoms with van der Waals surface area (Å²) in [6.45, 7) is 7.63. The van der Waals surface area contributed by atoms with Gasteiger partial charge in [-0.05, 0) is 26.8 Å². The molecule has 3 heteroatoms. The first-order valence-corrected chi connectivity index (χ1v) is 6.14. The third-order valence-corrected chi connectivity index (χ3v) is 2.98. The lowest BCUT2D eigenvalue weighted by atomic mass is 10.1. The predicted molar refractivity (Wildman–Crippen MR) is 71.4 cm³/mol. The number of methoxy groups -OCH3 is 1. The zero-order valence-corrected chi connectivity index (χ0v) is 11.2. The molecule has 0 heterocycles. The van der Waals surface area contributed by atoms with Gasteiger partial charge in [0.2, 0.25) is 0 Å². The number of rotatable bonds is 6. The summed E-state index contributed by atoms with van der Waals surface area (Å²) in [7, 11) is 1.71. The van der Waals surface area contributed by atoms with Crippen LogP contribution in [0.1, 0.15) is 32.4 Å². The normalized spacial score (nSPS) is 14.4. The van der Waals surface area contributed by atoms with Crippen LogP contribution in [-0.4, -0.2) is 31.4 Å². The van der Waals surface area contributed by atoms with Crippen molar-refractivity contribution in [2.24, 2.45) is 0 Å². The first-order chi connectivity index (χ1) is 8.11. The Kier molecular flexibility index (Phi) is 5.45. The Labute approximate surface area is 104 Å². The molecule has 0 radical (unpaired) electrons. The van der Waals surface area contributed by atoms with Crippen LogP contribution < -0.4 is 4.90 Å². The number of aliphatic hydroxyl groups is 1. The number of hydrogen-bond acceptors (Lipinski definition) is 3. The molecule has 0 aliphatic heterocycles. The summed E-state index contributed by atoms with van der Waals surface area (Å²) in [5.41, 5.74) is 2.06. The highest BCUT2D eigenvalue weighted by atomic mass is 16.5. The molecule has 2 unspecified atom stereocenters. The van der Waals surface area contributed by atoms with Crippen molar-refractivity contribution in [1.82, 2.24) is 0 Å². The average Bonchev–Trinajstić information content (AvgIpc) is 2.31. The molecule has 1 aromatic carbocycles. The number of benzene rings is 1. The number of hydrogen-bond donors (Lipinski definition) is 1. The first kappa shape index (κ1) is 14.0. The molecule has 17 heavy (non-hydrogen) atoms. The van der Waals surface area contributed by atoms with Gasteiger partial charge in [-0.2, -0.15) is 0 Å². The molecule has 1 aromatic rings. The number of para-hydroxylation sites is 1. The SMILES string of the molecule is CCN(c1ccccc1C(C)O)C(C)COC. The van der Waals surface area contributed by atoms with Crippen molar-refractivity contribution in [3.05, 3.63) is 29.8 Å². The molecule has 0 aliphatic rings. The minimum Gasteiger partial charge on any atom is -0.389 e. The third-order valence-electron chi connectivity index (χ3n) is 2.98.